The van der Waals surface area contributed by atoms with Crippen LogP contribution in [0.15, 0.2) is 34.7 Å². The van der Waals surface area contributed by atoms with Gasteiger partial charge in [0.1, 0.15) is 11.0 Å². The van der Waals surface area contributed by atoms with E-state index in [-0.39, 0.29) is 10.7 Å². The van der Waals surface area contributed by atoms with E-state index in [9.17, 15) is 4.21 Å². The molecule has 0 fully saturated rings. The van der Waals surface area contributed by atoms with E-state index in [0.717, 1.165) is 19.3 Å². The lowest BCUT2D eigenvalue weighted by Gasteiger charge is -2.20. The molecule has 0 aliphatic rings. The molecule has 118 valence electrons. The molecule has 1 aromatic carbocycles. The van der Waals surface area contributed by atoms with E-state index >= 15 is 0 Å². The molecular formula is C17H27NO2S. The smallest absolute Gasteiger partial charge is 0.200 e. The molecule has 0 aliphatic heterocycles. The molecule has 3 nitrogen and oxygen atoms in total. The van der Waals surface area contributed by atoms with E-state index in [1.165, 1.54) is 5.56 Å². The number of ether oxygens (including phenoxy) is 1. The van der Waals surface area contributed by atoms with Gasteiger partial charge in [0, 0.05) is 5.92 Å². The van der Waals surface area contributed by atoms with Gasteiger partial charge in [0.25, 0.3) is 0 Å². The van der Waals surface area contributed by atoms with Crippen molar-refractivity contribution in [3.63, 3.8) is 0 Å². The summed E-state index contributed by atoms with van der Waals surface area (Å²) < 4.78 is 21.7. The average Bonchev–Trinajstić information content (AvgIpc) is 2.44. The van der Waals surface area contributed by atoms with Crippen molar-refractivity contribution in [2.45, 2.75) is 51.7 Å². The highest BCUT2D eigenvalue weighted by atomic mass is 32.2. The summed E-state index contributed by atoms with van der Waals surface area (Å²) in [6.07, 6.45) is 2.88. The second-order valence-corrected chi connectivity index (χ2v) is 8.08. The van der Waals surface area contributed by atoms with E-state index in [1.54, 1.807) is 7.11 Å². The van der Waals surface area contributed by atoms with E-state index in [2.05, 4.69) is 23.5 Å². The van der Waals surface area contributed by atoms with Crippen LogP contribution in [0.1, 0.15) is 46.1 Å². The van der Waals surface area contributed by atoms with Gasteiger partial charge in [-0.05, 0) is 39.2 Å². The zero-order valence-electron chi connectivity index (χ0n) is 13.8. The van der Waals surface area contributed by atoms with Crippen LogP contribution in [-0.2, 0) is 22.1 Å². The van der Waals surface area contributed by atoms with Crippen molar-refractivity contribution in [1.29, 1.82) is 0 Å². The molecule has 0 spiro atoms. The molecular weight excluding hydrogens is 282 g/mol. The second-order valence-electron chi connectivity index (χ2n) is 6.17. The van der Waals surface area contributed by atoms with Crippen LogP contribution in [0.2, 0.25) is 0 Å². The molecule has 0 radical (unpaired) electrons. The highest BCUT2D eigenvalue weighted by Crippen LogP contribution is 2.20. The van der Waals surface area contributed by atoms with Crippen LogP contribution in [0.25, 0.3) is 0 Å². The van der Waals surface area contributed by atoms with Crippen LogP contribution in [0.5, 0.6) is 0 Å². The summed E-state index contributed by atoms with van der Waals surface area (Å²) >= 11 is 0. The molecule has 0 aromatic heterocycles. The molecule has 0 saturated carbocycles. The third-order valence-electron chi connectivity index (χ3n) is 3.22. The maximum atomic E-state index is 12.2. The molecule has 4 heteroatoms. The Bertz CT molecular complexity index is 477. The Morgan fingerprint density at radius 3 is 2.38 bits per heavy atom. The molecule has 1 aromatic rings. The molecule has 1 rings (SSSR count). The zero-order chi connectivity index (χ0) is 15.9. The molecule has 2 atom stereocenters. The minimum atomic E-state index is -1.29. The van der Waals surface area contributed by atoms with Crippen molar-refractivity contribution in [2.75, 3.05) is 7.11 Å². The normalized spacial score (nSPS) is 15.6. The van der Waals surface area contributed by atoms with Crippen molar-refractivity contribution in [1.82, 2.24) is 0 Å². The van der Waals surface area contributed by atoms with Crippen molar-refractivity contribution in [2.24, 2.45) is 10.3 Å². The van der Waals surface area contributed by atoms with Gasteiger partial charge in [-0.25, -0.2) is 4.21 Å². The first-order chi connectivity index (χ1) is 9.88. The van der Waals surface area contributed by atoms with Gasteiger partial charge in [-0.2, -0.15) is 4.40 Å². The number of hydrogen-bond acceptors (Lipinski definition) is 2. The standard InChI is InChI=1S/C17H27NO2S/c1-6-10-15(13-14-11-8-7-9-12-14)16(20-5)18-21(19)17(2,3)4/h7-9,11-12,15H,6,10,13H2,1-5H3/b18-16-/t15-,21?/m1/s1. The Labute approximate surface area is 131 Å². The number of methoxy groups -OCH3 is 1. The van der Waals surface area contributed by atoms with E-state index in [4.69, 9.17) is 4.74 Å². The maximum absolute atomic E-state index is 12.2. The molecule has 0 N–H and O–H groups in total. The highest BCUT2D eigenvalue weighted by molar-refractivity contribution is 7.85. The summed E-state index contributed by atoms with van der Waals surface area (Å²) in [5, 5.41) is 0. The molecule has 21 heavy (non-hydrogen) atoms. The van der Waals surface area contributed by atoms with Gasteiger partial charge >= 0.3 is 0 Å². The highest BCUT2D eigenvalue weighted by Gasteiger charge is 2.23. The van der Waals surface area contributed by atoms with Crippen LogP contribution in [-0.4, -0.2) is 22.0 Å². The van der Waals surface area contributed by atoms with Gasteiger partial charge in [-0.1, -0.05) is 43.7 Å². The van der Waals surface area contributed by atoms with Gasteiger partial charge in [0.2, 0.25) is 5.90 Å². The number of hydrogen-bond donors (Lipinski definition) is 0. The van der Waals surface area contributed by atoms with Gasteiger partial charge in [-0.3, -0.25) is 0 Å². The lowest BCUT2D eigenvalue weighted by atomic mass is 9.95. The summed E-state index contributed by atoms with van der Waals surface area (Å²) in [6, 6.07) is 10.3. The van der Waals surface area contributed by atoms with Gasteiger partial charge < -0.3 is 4.74 Å². The minimum absolute atomic E-state index is 0.175. The van der Waals surface area contributed by atoms with E-state index in [0.29, 0.717) is 5.90 Å². The van der Waals surface area contributed by atoms with Crippen molar-refractivity contribution in [3.05, 3.63) is 35.9 Å². The van der Waals surface area contributed by atoms with Gasteiger partial charge in [0.05, 0.1) is 11.9 Å². The van der Waals surface area contributed by atoms with Crippen molar-refractivity contribution < 1.29 is 8.95 Å². The van der Waals surface area contributed by atoms with Gasteiger partial charge in [-0.15, -0.1) is 0 Å². The predicted molar refractivity (Wildman–Crippen MR) is 90.9 cm³/mol. The number of benzene rings is 1. The molecule has 0 aliphatic carbocycles. The summed E-state index contributed by atoms with van der Waals surface area (Å²) in [6.45, 7) is 7.91. The molecule has 0 amide bonds. The monoisotopic (exact) mass is 309 g/mol. The predicted octanol–water partition coefficient (Wildman–Crippen LogP) is 4.15. The van der Waals surface area contributed by atoms with Crippen LogP contribution in [0, 0.1) is 5.92 Å². The fourth-order valence-electron chi connectivity index (χ4n) is 2.06. The first-order valence-corrected chi connectivity index (χ1v) is 8.57. The topological polar surface area (TPSA) is 38.7 Å². The third kappa shape index (κ3) is 6.00. The Morgan fingerprint density at radius 1 is 1.29 bits per heavy atom. The van der Waals surface area contributed by atoms with E-state index < -0.39 is 11.0 Å². The van der Waals surface area contributed by atoms with Crippen molar-refractivity contribution in [3.8, 4) is 0 Å². The first-order valence-electron chi connectivity index (χ1n) is 7.47. The van der Waals surface area contributed by atoms with Crippen LogP contribution in [0.3, 0.4) is 0 Å². The van der Waals surface area contributed by atoms with Gasteiger partial charge in [0.15, 0.2) is 0 Å². The number of nitrogens with zero attached hydrogens (tertiary/aromatic N) is 1. The summed E-state index contributed by atoms with van der Waals surface area (Å²) in [5.41, 5.74) is 1.25. The zero-order valence-corrected chi connectivity index (χ0v) is 14.6. The largest absolute Gasteiger partial charge is 0.483 e. The lowest BCUT2D eigenvalue weighted by Crippen LogP contribution is -2.25. The fourth-order valence-corrected chi connectivity index (χ4v) is 2.72. The Hall–Kier alpha value is -1.16. The maximum Gasteiger partial charge on any atom is 0.200 e. The third-order valence-corrected chi connectivity index (χ3v) is 4.61. The Balaban J connectivity index is 2.95. The number of rotatable bonds is 6. The quantitative estimate of drug-likeness (QED) is 0.585. The minimum Gasteiger partial charge on any atom is -0.483 e. The first kappa shape index (κ1) is 17.9. The molecule has 1 unspecified atom stereocenters. The second kappa shape index (κ2) is 8.32. The molecule has 0 saturated heterocycles. The summed E-state index contributed by atoms with van der Waals surface area (Å²) in [4.78, 5) is 0. The summed E-state index contributed by atoms with van der Waals surface area (Å²) in [7, 11) is 0.331. The van der Waals surface area contributed by atoms with Crippen LogP contribution >= 0.6 is 0 Å². The Morgan fingerprint density at radius 2 is 1.90 bits per heavy atom. The fraction of sp³-hybridized carbons (Fsp3) is 0.588. The average molecular weight is 309 g/mol. The van der Waals surface area contributed by atoms with Crippen LogP contribution < -0.4 is 0 Å². The van der Waals surface area contributed by atoms with E-state index in [1.807, 2.05) is 39.0 Å². The SMILES string of the molecule is CCC[C@H](Cc1ccccc1)/C(=N/S(=O)C(C)(C)C)OC. The van der Waals surface area contributed by atoms with Crippen LogP contribution in [0.4, 0.5) is 0 Å². The van der Waals surface area contributed by atoms with Crippen molar-refractivity contribution >= 4 is 16.9 Å². The molecule has 0 bridgehead atoms. The lowest BCUT2D eigenvalue weighted by molar-refractivity contribution is 0.358. The summed E-state index contributed by atoms with van der Waals surface area (Å²) in [5.74, 6) is 0.780. The molecule has 0 heterocycles. The Kier molecular flexibility index (Phi) is 7.09.